The topological polar surface area (TPSA) is 70.7 Å². The number of H-pyrrole nitrogens is 1. The molecule has 0 saturated heterocycles. The van der Waals surface area contributed by atoms with Crippen LogP contribution in [0.15, 0.2) is 28.6 Å². The van der Waals surface area contributed by atoms with E-state index in [-0.39, 0.29) is 11.7 Å². The number of fused-ring (bicyclic) bond motifs is 1. The van der Waals surface area contributed by atoms with Gasteiger partial charge in [-0.3, -0.25) is 10.1 Å². The Kier molecular flexibility index (Phi) is 3.89. The van der Waals surface area contributed by atoms with Crippen molar-refractivity contribution in [2.24, 2.45) is 0 Å². The van der Waals surface area contributed by atoms with E-state index in [0.717, 1.165) is 10.1 Å². The Morgan fingerprint density at radius 3 is 3.10 bits per heavy atom. The third kappa shape index (κ3) is 3.06. The van der Waals surface area contributed by atoms with Gasteiger partial charge in [-0.15, -0.1) is 10.2 Å². The van der Waals surface area contributed by atoms with Gasteiger partial charge >= 0.3 is 0 Å². The number of nitrogens with one attached hydrogen (secondary N) is 2. The molecule has 2 heterocycles. The highest BCUT2D eigenvalue weighted by molar-refractivity contribution is 8.01. The smallest absolute Gasteiger partial charge is 0.273 e. The van der Waals surface area contributed by atoms with Crippen LogP contribution in [0.25, 0.3) is 10.9 Å². The van der Waals surface area contributed by atoms with Gasteiger partial charge in [0.15, 0.2) is 4.34 Å². The molecule has 0 fully saturated rings. The van der Waals surface area contributed by atoms with E-state index in [2.05, 4.69) is 20.5 Å². The molecule has 5 nitrogen and oxygen atoms in total. The number of thioether (sulfide) groups is 1. The largest absolute Gasteiger partial charge is 0.351 e. The fraction of sp³-hybridized carbons (Fsp3) is 0.154. The van der Waals surface area contributed by atoms with Gasteiger partial charge in [-0.25, -0.2) is 4.39 Å². The van der Waals surface area contributed by atoms with Crippen molar-refractivity contribution in [3.05, 3.63) is 35.8 Å². The number of benzene rings is 1. The summed E-state index contributed by atoms with van der Waals surface area (Å²) in [5, 5.41) is 11.7. The maximum Gasteiger partial charge on any atom is 0.273 e. The molecule has 0 saturated carbocycles. The minimum absolute atomic E-state index is 0.323. The third-order valence-electron chi connectivity index (χ3n) is 2.72. The van der Waals surface area contributed by atoms with Crippen molar-refractivity contribution in [3.63, 3.8) is 0 Å². The van der Waals surface area contributed by atoms with Crippen molar-refractivity contribution in [1.29, 1.82) is 0 Å². The molecule has 1 amide bonds. The number of anilines is 1. The number of carbonyl (C=O) groups excluding carboxylic acids is 1. The molecule has 2 aromatic heterocycles. The van der Waals surface area contributed by atoms with Crippen LogP contribution >= 0.6 is 23.1 Å². The summed E-state index contributed by atoms with van der Waals surface area (Å²) in [4.78, 5) is 15.1. The van der Waals surface area contributed by atoms with Gasteiger partial charge in [0.2, 0.25) is 5.13 Å². The highest BCUT2D eigenvalue weighted by atomic mass is 32.2. The molecule has 0 aliphatic heterocycles. The Balaban J connectivity index is 1.79. The van der Waals surface area contributed by atoms with Gasteiger partial charge in [0.1, 0.15) is 11.5 Å². The maximum absolute atomic E-state index is 13.1. The first-order valence-corrected chi connectivity index (χ1v) is 8.02. The van der Waals surface area contributed by atoms with E-state index < -0.39 is 0 Å². The number of carbonyl (C=O) groups is 1. The third-order valence-corrected chi connectivity index (χ3v) is 4.58. The van der Waals surface area contributed by atoms with Crippen LogP contribution in [0.5, 0.6) is 0 Å². The van der Waals surface area contributed by atoms with Gasteiger partial charge in [-0.2, -0.15) is 0 Å². The molecule has 0 aliphatic rings. The molecule has 1 aromatic carbocycles. The highest BCUT2D eigenvalue weighted by Crippen LogP contribution is 2.25. The Hall–Kier alpha value is -1.93. The lowest BCUT2D eigenvalue weighted by Crippen LogP contribution is -2.11. The zero-order chi connectivity index (χ0) is 14.8. The maximum atomic E-state index is 13.1. The van der Waals surface area contributed by atoms with Crippen LogP contribution in [0.2, 0.25) is 0 Å². The summed E-state index contributed by atoms with van der Waals surface area (Å²) in [6.07, 6.45) is 0. The predicted molar refractivity (Wildman–Crippen MR) is 82.5 cm³/mol. The van der Waals surface area contributed by atoms with Crippen LogP contribution in [0.3, 0.4) is 0 Å². The summed E-state index contributed by atoms with van der Waals surface area (Å²) < 4.78 is 13.9. The van der Waals surface area contributed by atoms with Crippen LogP contribution < -0.4 is 5.32 Å². The Bertz CT molecular complexity index is 798. The molecule has 8 heteroatoms. The number of rotatable bonds is 4. The molecule has 0 radical (unpaired) electrons. The Labute approximate surface area is 128 Å². The number of hydrogen-bond donors (Lipinski definition) is 2. The first-order chi connectivity index (χ1) is 10.2. The number of aromatic amines is 1. The first kappa shape index (κ1) is 14.0. The molecule has 3 rings (SSSR count). The monoisotopic (exact) mass is 322 g/mol. The average molecular weight is 322 g/mol. The van der Waals surface area contributed by atoms with E-state index in [0.29, 0.717) is 21.7 Å². The molecule has 2 N–H and O–H groups in total. The zero-order valence-corrected chi connectivity index (χ0v) is 12.6. The predicted octanol–water partition coefficient (Wildman–Crippen LogP) is 3.52. The lowest BCUT2D eigenvalue weighted by molar-refractivity contribution is 0.102. The fourth-order valence-electron chi connectivity index (χ4n) is 1.83. The summed E-state index contributed by atoms with van der Waals surface area (Å²) in [5.41, 5.74) is 1.07. The lowest BCUT2D eigenvalue weighted by atomic mass is 10.2. The van der Waals surface area contributed by atoms with Gasteiger partial charge in [0.05, 0.1) is 0 Å². The van der Waals surface area contributed by atoms with Crippen LogP contribution in [0, 0.1) is 5.82 Å². The Morgan fingerprint density at radius 1 is 1.43 bits per heavy atom. The van der Waals surface area contributed by atoms with Crippen LogP contribution in [-0.4, -0.2) is 26.8 Å². The van der Waals surface area contributed by atoms with Crippen molar-refractivity contribution < 1.29 is 9.18 Å². The molecule has 0 spiro atoms. The zero-order valence-electron chi connectivity index (χ0n) is 11.0. The average Bonchev–Trinajstić information content (AvgIpc) is 3.05. The van der Waals surface area contributed by atoms with Crippen molar-refractivity contribution >= 4 is 45.0 Å². The van der Waals surface area contributed by atoms with Gasteiger partial charge < -0.3 is 4.98 Å². The summed E-state index contributed by atoms with van der Waals surface area (Å²) in [5.74, 6) is 0.241. The van der Waals surface area contributed by atoms with E-state index in [1.807, 2.05) is 6.92 Å². The van der Waals surface area contributed by atoms with Gasteiger partial charge in [-0.1, -0.05) is 30.0 Å². The number of aromatic nitrogens is 3. The van der Waals surface area contributed by atoms with Crippen LogP contribution in [0.1, 0.15) is 17.4 Å². The molecule has 108 valence electrons. The van der Waals surface area contributed by atoms with E-state index in [4.69, 9.17) is 0 Å². The number of amides is 1. The van der Waals surface area contributed by atoms with Gasteiger partial charge in [0.25, 0.3) is 5.91 Å². The van der Waals surface area contributed by atoms with Gasteiger partial charge in [0, 0.05) is 10.9 Å². The standard InChI is InChI=1S/C13H11FN4OS2/c1-2-20-13-18-17-12(21-13)16-11(19)10-6-7-5-8(14)3-4-9(7)15-10/h3-6,15H,2H2,1H3,(H,16,17,19). The van der Waals surface area contributed by atoms with Gasteiger partial charge in [-0.05, 0) is 30.0 Å². The molecule has 0 atom stereocenters. The lowest BCUT2D eigenvalue weighted by Gasteiger charge is -1.96. The normalized spacial score (nSPS) is 11.0. The number of hydrogen-bond acceptors (Lipinski definition) is 5. The number of nitrogens with zero attached hydrogens (tertiary/aromatic N) is 2. The second kappa shape index (κ2) is 5.82. The van der Waals surface area contributed by atoms with E-state index in [1.165, 1.54) is 23.5 Å². The quantitative estimate of drug-likeness (QED) is 0.569. The SMILES string of the molecule is CCSc1nnc(NC(=O)c2cc3cc(F)ccc3[nH]2)s1. The van der Waals surface area contributed by atoms with Crippen molar-refractivity contribution in [2.75, 3.05) is 11.1 Å². The summed E-state index contributed by atoms with van der Waals surface area (Å²) in [7, 11) is 0. The summed E-state index contributed by atoms with van der Waals surface area (Å²) in [6, 6.07) is 5.93. The first-order valence-electron chi connectivity index (χ1n) is 6.21. The Morgan fingerprint density at radius 2 is 2.29 bits per heavy atom. The molecule has 3 aromatic rings. The molecule has 0 unspecified atom stereocenters. The van der Waals surface area contributed by atoms with Crippen LogP contribution in [-0.2, 0) is 0 Å². The summed E-state index contributed by atoms with van der Waals surface area (Å²) >= 11 is 2.89. The fourth-order valence-corrected chi connectivity index (χ4v) is 3.48. The minimum atomic E-state index is -0.334. The highest BCUT2D eigenvalue weighted by Gasteiger charge is 2.13. The molecule has 0 aliphatic carbocycles. The second-order valence-corrected chi connectivity index (χ2v) is 6.66. The van der Waals surface area contributed by atoms with E-state index >= 15 is 0 Å². The van der Waals surface area contributed by atoms with Crippen molar-refractivity contribution in [2.45, 2.75) is 11.3 Å². The van der Waals surface area contributed by atoms with E-state index in [1.54, 1.807) is 23.9 Å². The minimum Gasteiger partial charge on any atom is -0.351 e. The summed E-state index contributed by atoms with van der Waals surface area (Å²) in [6.45, 7) is 2.02. The number of halogens is 1. The van der Waals surface area contributed by atoms with Crippen LogP contribution in [0.4, 0.5) is 9.52 Å². The molecular formula is C13H11FN4OS2. The molecular weight excluding hydrogens is 311 g/mol. The second-order valence-electron chi connectivity index (χ2n) is 4.17. The molecule has 0 bridgehead atoms. The van der Waals surface area contributed by atoms with E-state index in [9.17, 15) is 9.18 Å². The van der Waals surface area contributed by atoms with Crippen molar-refractivity contribution in [1.82, 2.24) is 15.2 Å². The molecule has 21 heavy (non-hydrogen) atoms. The van der Waals surface area contributed by atoms with Crippen molar-refractivity contribution in [3.8, 4) is 0 Å².